The fourth-order valence-electron chi connectivity index (χ4n) is 2.11. The lowest BCUT2D eigenvalue weighted by molar-refractivity contribution is -0.121. The lowest BCUT2D eigenvalue weighted by Gasteiger charge is -2.15. The summed E-state index contributed by atoms with van der Waals surface area (Å²) in [5.74, 6) is 1.03. The van der Waals surface area contributed by atoms with E-state index in [1.165, 1.54) is 0 Å². The zero-order valence-electron chi connectivity index (χ0n) is 12.7. The molecule has 0 aliphatic heterocycles. The van der Waals surface area contributed by atoms with Crippen LogP contribution in [-0.2, 0) is 4.79 Å². The van der Waals surface area contributed by atoms with Gasteiger partial charge in [0.2, 0.25) is 5.91 Å². The molecule has 0 aliphatic carbocycles. The molecule has 1 unspecified atom stereocenters. The maximum Gasteiger partial charge on any atom is 0.223 e. The summed E-state index contributed by atoms with van der Waals surface area (Å²) >= 11 is 0. The van der Waals surface area contributed by atoms with E-state index < -0.39 is 0 Å². The molecular formula is C16H26N2O3. The molecule has 0 aliphatic rings. The van der Waals surface area contributed by atoms with Crippen molar-refractivity contribution in [3.8, 4) is 5.75 Å². The Morgan fingerprint density at radius 2 is 2.05 bits per heavy atom. The van der Waals surface area contributed by atoms with Gasteiger partial charge in [-0.05, 0) is 43.0 Å². The van der Waals surface area contributed by atoms with Crippen molar-refractivity contribution < 1.29 is 14.6 Å². The number of benzene rings is 1. The van der Waals surface area contributed by atoms with Gasteiger partial charge in [0.05, 0.1) is 13.0 Å². The number of carbonyl (C=O) groups is 1. The van der Waals surface area contributed by atoms with Crippen LogP contribution < -0.4 is 15.8 Å². The molecule has 21 heavy (non-hydrogen) atoms. The summed E-state index contributed by atoms with van der Waals surface area (Å²) in [5.41, 5.74) is 6.27. The minimum absolute atomic E-state index is 0.0236. The van der Waals surface area contributed by atoms with Gasteiger partial charge in [-0.25, -0.2) is 0 Å². The second-order valence-electron chi connectivity index (χ2n) is 5.14. The van der Waals surface area contributed by atoms with E-state index in [-0.39, 0.29) is 12.5 Å². The van der Waals surface area contributed by atoms with Crippen LogP contribution in [0.2, 0.25) is 0 Å². The molecule has 0 fully saturated rings. The first-order valence-corrected chi connectivity index (χ1v) is 7.51. The Bertz CT molecular complexity index is 400. The molecule has 4 N–H and O–H groups in total. The second-order valence-corrected chi connectivity index (χ2v) is 5.14. The molecule has 118 valence electrons. The lowest BCUT2D eigenvalue weighted by atomic mass is 10.0. The average molecular weight is 294 g/mol. The van der Waals surface area contributed by atoms with Crippen molar-refractivity contribution in [2.75, 3.05) is 25.5 Å². The summed E-state index contributed by atoms with van der Waals surface area (Å²) in [6.07, 6.45) is 3.13. The Morgan fingerprint density at radius 3 is 2.67 bits per heavy atom. The summed E-state index contributed by atoms with van der Waals surface area (Å²) in [6, 6.07) is 7.09. The Labute approximate surface area is 126 Å². The molecule has 1 aromatic rings. The van der Waals surface area contributed by atoms with Gasteiger partial charge in [0.1, 0.15) is 5.75 Å². The number of nitrogens with one attached hydrogen (secondary N) is 1. The Balaban J connectivity index is 2.19. The van der Waals surface area contributed by atoms with Gasteiger partial charge in [0, 0.05) is 18.8 Å². The number of nitrogen functional groups attached to an aromatic ring is 1. The minimum atomic E-state index is -0.0236. The third-order valence-corrected chi connectivity index (χ3v) is 3.30. The number of amides is 1. The quantitative estimate of drug-likeness (QED) is 0.576. The fourth-order valence-corrected chi connectivity index (χ4v) is 2.11. The minimum Gasteiger partial charge on any atom is -0.493 e. The number of anilines is 1. The zero-order valence-corrected chi connectivity index (χ0v) is 12.7. The van der Waals surface area contributed by atoms with Crippen molar-refractivity contribution in [1.82, 2.24) is 5.32 Å². The standard InChI is InChI=1S/C16H26N2O3/c1-2-3-13(8-10-19)12-18-16(20)9-11-21-15-6-4-14(17)5-7-15/h4-7,13,19H,2-3,8-12,17H2,1H3,(H,18,20). The molecule has 0 bridgehead atoms. The molecule has 1 aromatic carbocycles. The Kier molecular flexibility index (Phi) is 8.28. The van der Waals surface area contributed by atoms with E-state index in [2.05, 4.69) is 12.2 Å². The molecule has 0 aromatic heterocycles. The van der Waals surface area contributed by atoms with E-state index in [9.17, 15) is 4.79 Å². The van der Waals surface area contributed by atoms with Crippen LogP contribution in [0.3, 0.4) is 0 Å². The summed E-state index contributed by atoms with van der Waals surface area (Å²) in [6.45, 7) is 3.23. The van der Waals surface area contributed by atoms with Crippen molar-refractivity contribution >= 4 is 11.6 Å². The maximum absolute atomic E-state index is 11.7. The highest BCUT2D eigenvalue weighted by Gasteiger charge is 2.09. The summed E-state index contributed by atoms with van der Waals surface area (Å²) < 4.78 is 5.48. The molecule has 0 saturated carbocycles. The number of carbonyl (C=O) groups excluding carboxylic acids is 1. The Morgan fingerprint density at radius 1 is 1.33 bits per heavy atom. The monoisotopic (exact) mass is 294 g/mol. The van der Waals surface area contributed by atoms with Crippen molar-refractivity contribution in [3.63, 3.8) is 0 Å². The summed E-state index contributed by atoms with van der Waals surface area (Å²) in [7, 11) is 0. The molecule has 5 heteroatoms. The highest BCUT2D eigenvalue weighted by molar-refractivity contribution is 5.75. The number of nitrogens with two attached hydrogens (primary N) is 1. The van der Waals surface area contributed by atoms with Gasteiger partial charge < -0.3 is 20.9 Å². The van der Waals surface area contributed by atoms with Crippen LogP contribution in [0.5, 0.6) is 5.75 Å². The van der Waals surface area contributed by atoms with Crippen LogP contribution in [-0.4, -0.2) is 30.8 Å². The van der Waals surface area contributed by atoms with Crippen LogP contribution in [0.1, 0.15) is 32.6 Å². The number of hydrogen-bond acceptors (Lipinski definition) is 4. The molecule has 0 saturated heterocycles. The largest absolute Gasteiger partial charge is 0.493 e. The van der Waals surface area contributed by atoms with Crippen molar-refractivity contribution in [2.45, 2.75) is 32.6 Å². The fraction of sp³-hybridized carbons (Fsp3) is 0.562. The molecule has 1 amide bonds. The SMILES string of the molecule is CCCC(CCO)CNC(=O)CCOc1ccc(N)cc1. The molecule has 0 radical (unpaired) electrons. The topological polar surface area (TPSA) is 84.6 Å². The molecule has 5 nitrogen and oxygen atoms in total. The highest BCUT2D eigenvalue weighted by atomic mass is 16.5. The number of aliphatic hydroxyl groups is 1. The normalized spacial score (nSPS) is 11.9. The molecule has 0 spiro atoms. The third kappa shape index (κ3) is 7.56. The van der Waals surface area contributed by atoms with Gasteiger partial charge in [0.15, 0.2) is 0 Å². The number of aliphatic hydroxyl groups excluding tert-OH is 1. The van der Waals surface area contributed by atoms with Crippen LogP contribution in [0.25, 0.3) is 0 Å². The van der Waals surface area contributed by atoms with Crippen LogP contribution in [0.15, 0.2) is 24.3 Å². The molecule has 1 rings (SSSR count). The maximum atomic E-state index is 11.7. The second kappa shape index (κ2) is 10.0. The molecule has 1 atom stereocenters. The first kappa shape index (κ1) is 17.3. The van der Waals surface area contributed by atoms with E-state index in [0.29, 0.717) is 36.9 Å². The van der Waals surface area contributed by atoms with E-state index in [4.69, 9.17) is 15.6 Å². The zero-order chi connectivity index (χ0) is 15.5. The first-order chi connectivity index (χ1) is 10.2. The number of hydrogen-bond donors (Lipinski definition) is 3. The molecule has 0 heterocycles. The summed E-state index contributed by atoms with van der Waals surface area (Å²) in [5, 5.41) is 11.9. The van der Waals surface area contributed by atoms with Gasteiger partial charge in [0.25, 0.3) is 0 Å². The first-order valence-electron chi connectivity index (χ1n) is 7.51. The number of rotatable bonds is 10. The van der Waals surface area contributed by atoms with Gasteiger partial charge in [-0.2, -0.15) is 0 Å². The third-order valence-electron chi connectivity index (χ3n) is 3.30. The highest BCUT2D eigenvalue weighted by Crippen LogP contribution is 2.13. The Hall–Kier alpha value is -1.75. The van der Waals surface area contributed by atoms with E-state index in [0.717, 1.165) is 19.3 Å². The van der Waals surface area contributed by atoms with Crippen LogP contribution in [0, 0.1) is 5.92 Å². The van der Waals surface area contributed by atoms with Crippen molar-refractivity contribution in [2.24, 2.45) is 5.92 Å². The van der Waals surface area contributed by atoms with Crippen molar-refractivity contribution in [1.29, 1.82) is 0 Å². The van der Waals surface area contributed by atoms with E-state index in [1.807, 2.05) is 0 Å². The average Bonchev–Trinajstić information content (AvgIpc) is 2.47. The van der Waals surface area contributed by atoms with E-state index in [1.54, 1.807) is 24.3 Å². The van der Waals surface area contributed by atoms with Crippen molar-refractivity contribution in [3.05, 3.63) is 24.3 Å². The van der Waals surface area contributed by atoms with Gasteiger partial charge in [-0.3, -0.25) is 4.79 Å². The van der Waals surface area contributed by atoms with Gasteiger partial charge in [-0.1, -0.05) is 13.3 Å². The van der Waals surface area contributed by atoms with Crippen LogP contribution >= 0.6 is 0 Å². The van der Waals surface area contributed by atoms with Crippen LogP contribution in [0.4, 0.5) is 5.69 Å². The summed E-state index contributed by atoms with van der Waals surface area (Å²) in [4.78, 5) is 11.7. The number of ether oxygens (including phenoxy) is 1. The molecular weight excluding hydrogens is 268 g/mol. The van der Waals surface area contributed by atoms with E-state index >= 15 is 0 Å². The predicted molar refractivity (Wildman–Crippen MR) is 84.1 cm³/mol. The predicted octanol–water partition coefficient (Wildman–Crippen LogP) is 1.95. The lowest BCUT2D eigenvalue weighted by Crippen LogP contribution is -2.30. The van der Waals surface area contributed by atoms with Gasteiger partial charge in [-0.15, -0.1) is 0 Å². The van der Waals surface area contributed by atoms with Gasteiger partial charge >= 0.3 is 0 Å². The smallest absolute Gasteiger partial charge is 0.223 e.